The van der Waals surface area contributed by atoms with Crippen LogP contribution < -0.4 is 5.32 Å². The topological polar surface area (TPSA) is 49.3 Å². The van der Waals surface area contributed by atoms with Crippen LogP contribution in [-0.4, -0.2) is 17.6 Å². The minimum Gasteiger partial charge on any atom is -0.481 e. The molecule has 1 aromatic carbocycles. The SMILES string of the molecule is CCc1cccc(NCC(C)C(=O)O)c1. The van der Waals surface area contributed by atoms with Gasteiger partial charge in [-0.2, -0.15) is 0 Å². The minimum absolute atomic E-state index is 0.365. The third-order valence-electron chi connectivity index (χ3n) is 2.37. The van der Waals surface area contributed by atoms with Gasteiger partial charge in [0, 0.05) is 12.2 Å². The highest BCUT2D eigenvalue weighted by atomic mass is 16.4. The standard InChI is InChI=1S/C12H17NO2/c1-3-10-5-4-6-11(7-10)13-8-9(2)12(14)15/h4-7,9,13H,3,8H2,1-2H3,(H,14,15). The van der Waals surface area contributed by atoms with E-state index in [4.69, 9.17) is 5.11 Å². The van der Waals surface area contributed by atoms with Gasteiger partial charge in [0.1, 0.15) is 0 Å². The normalized spacial score (nSPS) is 12.1. The lowest BCUT2D eigenvalue weighted by Crippen LogP contribution is -2.19. The second-order valence-corrected chi connectivity index (χ2v) is 3.67. The largest absolute Gasteiger partial charge is 0.481 e. The maximum absolute atomic E-state index is 10.6. The van der Waals surface area contributed by atoms with Gasteiger partial charge in [0.25, 0.3) is 0 Å². The van der Waals surface area contributed by atoms with E-state index in [-0.39, 0.29) is 5.92 Å². The molecule has 0 saturated carbocycles. The van der Waals surface area contributed by atoms with Crippen molar-refractivity contribution in [2.75, 3.05) is 11.9 Å². The van der Waals surface area contributed by atoms with Crippen LogP contribution >= 0.6 is 0 Å². The van der Waals surface area contributed by atoms with Crippen molar-refractivity contribution < 1.29 is 9.90 Å². The molecule has 0 aliphatic heterocycles. The molecule has 0 radical (unpaired) electrons. The molecule has 3 heteroatoms. The van der Waals surface area contributed by atoms with Gasteiger partial charge in [-0.1, -0.05) is 26.0 Å². The van der Waals surface area contributed by atoms with Gasteiger partial charge < -0.3 is 10.4 Å². The highest BCUT2D eigenvalue weighted by Crippen LogP contribution is 2.11. The fraction of sp³-hybridized carbons (Fsp3) is 0.417. The Morgan fingerprint density at radius 1 is 1.53 bits per heavy atom. The number of hydrogen-bond acceptors (Lipinski definition) is 2. The summed E-state index contributed by atoms with van der Waals surface area (Å²) in [6.07, 6.45) is 0.990. The Morgan fingerprint density at radius 3 is 2.87 bits per heavy atom. The Morgan fingerprint density at radius 2 is 2.27 bits per heavy atom. The molecule has 0 amide bonds. The molecule has 1 unspecified atom stereocenters. The van der Waals surface area contributed by atoms with E-state index in [1.54, 1.807) is 6.92 Å². The highest BCUT2D eigenvalue weighted by Gasteiger charge is 2.09. The van der Waals surface area contributed by atoms with Gasteiger partial charge >= 0.3 is 5.97 Å². The molecule has 0 aliphatic rings. The third kappa shape index (κ3) is 3.62. The number of nitrogens with one attached hydrogen (secondary N) is 1. The van der Waals surface area contributed by atoms with Crippen LogP contribution in [0.4, 0.5) is 5.69 Å². The number of carbonyl (C=O) groups is 1. The van der Waals surface area contributed by atoms with Gasteiger partial charge in [-0.15, -0.1) is 0 Å². The van der Waals surface area contributed by atoms with Crippen LogP contribution in [0.2, 0.25) is 0 Å². The summed E-state index contributed by atoms with van der Waals surface area (Å²) in [5, 5.41) is 11.8. The summed E-state index contributed by atoms with van der Waals surface area (Å²) in [5.41, 5.74) is 2.24. The van der Waals surface area contributed by atoms with Gasteiger partial charge in [-0.3, -0.25) is 4.79 Å². The number of carboxylic acids is 1. The van der Waals surface area contributed by atoms with Crippen molar-refractivity contribution in [3.05, 3.63) is 29.8 Å². The lowest BCUT2D eigenvalue weighted by atomic mass is 10.1. The molecule has 0 spiro atoms. The Hall–Kier alpha value is -1.51. The molecule has 1 atom stereocenters. The average Bonchev–Trinajstić information content (AvgIpc) is 2.26. The predicted molar refractivity (Wildman–Crippen MR) is 61.1 cm³/mol. The molecule has 2 N–H and O–H groups in total. The van der Waals surface area contributed by atoms with E-state index < -0.39 is 5.97 Å². The maximum atomic E-state index is 10.6. The molecule has 0 saturated heterocycles. The van der Waals surface area contributed by atoms with E-state index >= 15 is 0 Å². The number of rotatable bonds is 5. The van der Waals surface area contributed by atoms with E-state index in [1.807, 2.05) is 12.1 Å². The van der Waals surface area contributed by atoms with Crippen molar-refractivity contribution in [1.29, 1.82) is 0 Å². The molecule has 1 rings (SSSR count). The average molecular weight is 207 g/mol. The molecule has 82 valence electrons. The van der Waals surface area contributed by atoms with E-state index in [1.165, 1.54) is 5.56 Å². The van der Waals surface area contributed by atoms with Crippen molar-refractivity contribution >= 4 is 11.7 Å². The predicted octanol–water partition coefficient (Wildman–Crippen LogP) is 2.38. The number of carboxylic acid groups (broad SMARTS) is 1. The first-order valence-electron chi connectivity index (χ1n) is 5.19. The molecular weight excluding hydrogens is 190 g/mol. The first-order chi connectivity index (χ1) is 7.13. The van der Waals surface area contributed by atoms with Crippen molar-refractivity contribution in [3.8, 4) is 0 Å². The first-order valence-corrected chi connectivity index (χ1v) is 5.19. The molecular formula is C12H17NO2. The van der Waals surface area contributed by atoms with Crippen LogP contribution in [0.15, 0.2) is 24.3 Å². The molecule has 0 aromatic heterocycles. The molecule has 15 heavy (non-hydrogen) atoms. The number of benzene rings is 1. The van der Waals surface area contributed by atoms with Crippen LogP contribution in [0, 0.1) is 5.92 Å². The molecule has 0 bridgehead atoms. The van der Waals surface area contributed by atoms with Crippen molar-refractivity contribution in [1.82, 2.24) is 0 Å². The molecule has 0 fully saturated rings. The Bertz CT molecular complexity index is 336. The third-order valence-corrected chi connectivity index (χ3v) is 2.37. The summed E-state index contributed by atoms with van der Waals surface area (Å²) in [6, 6.07) is 8.04. The fourth-order valence-electron chi connectivity index (χ4n) is 1.26. The molecule has 0 heterocycles. The van der Waals surface area contributed by atoms with Gasteiger partial charge in [0.15, 0.2) is 0 Å². The van der Waals surface area contributed by atoms with Gasteiger partial charge in [-0.05, 0) is 24.1 Å². The number of aryl methyl sites for hydroxylation is 1. The Kier molecular flexibility index (Phi) is 4.16. The summed E-state index contributed by atoms with van der Waals surface area (Å²) < 4.78 is 0. The minimum atomic E-state index is -0.769. The Labute approximate surface area is 90.1 Å². The zero-order valence-electron chi connectivity index (χ0n) is 9.16. The van der Waals surface area contributed by atoms with Crippen molar-refractivity contribution in [2.45, 2.75) is 20.3 Å². The highest BCUT2D eigenvalue weighted by molar-refractivity contribution is 5.70. The second-order valence-electron chi connectivity index (χ2n) is 3.67. The monoisotopic (exact) mass is 207 g/mol. The lowest BCUT2D eigenvalue weighted by molar-refractivity contribution is -0.140. The number of aliphatic carboxylic acids is 1. The van der Waals surface area contributed by atoms with E-state index in [2.05, 4.69) is 24.4 Å². The maximum Gasteiger partial charge on any atom is 0.308 e. The second kappa shape index (κ2) is 5.39. The summed E-state index contributed by atoms with van der Waals surface area (Å²) in [4.78, 5) is 10.6. The molecule has 1 aromatic rings. The van der Waals surface area contributed by atoms with Gasteiger partial charge in [-0.25, -0.2) is 0 Å². The van der Waals surface area contributed by atoms with Gasteiger partial charge in [0.05, 0.1) is 5.92 Å². The quantitative estimate of drug-likeness (QED) is 0.779. The van der Waals surface area contributed by atoms with Crippen LogP contribution in [0.5, 0.6) is 0 Å². The van der Waals surface area contributed by atoms with Crippen LogP contribution in [-0.2, 0) is 11.2 Å². The van der Waals surface area contributed by atoms with E-state index in [0.29, 0.717) is 6.54 Å². The van der Waals surface area contributed by atoms with Crippen LogP contribution in [0.3, 0.4) is 0 Å². The first kappa shape index (κ1) is 11.6. The molecule has 0 aliphatic carbocycles. The zero-order chi connectivity index (χ0) is 11.3. The van der Waals surface area contributed by atoms with Crippen LogP contribution in [0.1, 0.15) is 19.4 Å². The zero-order valence-corrected chi connectivity index (χ0v) is 9.16. The Balaban J connectivity index is 2.53. The summed E-state index contributed by atoms with van der Waals surface area (Å²) in [7, 11) is 0. The summed E-state index contributed by atoms with van der Waals surface area (Å²) in [5.74, 6) is -1.13. The number of anilines is 1. The summed E-state index contributed by atoms with van der Waals surface area (Å²) in [6.45, 7) is 4.25. The van der Waals surface area contributed by atoms with Gasteiger partial charge in [0.2, 0.25) is 0 Å². The van der Waals surface area contributed by atoms with E-state index in [9.17, 15) is 4.79 Å². The summed E-state index contributed by atoms with van der Waals surface area (Å²) >= 11 is 0. The van der Waals surface area contributed by atoms with Crippen molar-refractivity contribution in [3.63, 3.8) is 0 Å². The smallest absolute Gasteiger partial charge is 0.308 e. The van der Waals surface area contributed by atoms with Crippen LogP contribution in [0.25, 0.3) is 0 Å². The number of hydrogen-bond donors (Lipinski definition) is 2. The molecule has 3 nitrogen and oxygen atoms in total. The lowest BCUT2D eigenvalue weighted by Gasteiger charge is -2.10. The fourth-order valence-corrected chi connectivity index (χ4v) is 1.26. The van der Waals surface area contributed by atoms with Crippen molar-refractivity contribution in [2.24, 2.45) is 5.92 Å². The van der Waals surface area contributed by atoms with E-state index in [0.717, 1.165) is 12.1 Å².